The number of alkyl halides is 2. The molecule has 0 amide bonds. The number of nitrogens with zero attached hydrogens (tertiary/aromatic N) is 5. The van der Waals surface area contributed by atoms with Crippen molar-refractivity contribution in [3.05, 3.63) is 71.8 Å². The van der Waals surface area contributed by atoms with Crippen molar-refractivity contribution >= 4 is 12.0 Å². The minimum atomic E-state index is -3.13. The normalized spacial score (nSPS) is 29.1. The highest BCUT2D eigenvalue weighted by Crippen LogP contribution is 2.58. The van der Waals surface area contributed by atoms with Crippen LogP contribution < -0.4 is 0 Å². The summed E-state index contributed by atoms with van der Waals surface area (Å²) in [7, 11) is 0. The summed E-state index contributed by atoms with van der Waals surface area (Å²) in [6.45, 7) is 4.95. The van der Waals surface area contributed by atoms with Crippen LogP contribution in [0.3, 0.4) is 0 Å². The molecule has 2 fully saturated rings. The van der Waals surface area contributed by atoms with Crippen LogP contribution in [0.4, 0.5) is 8.78 Å². The fourth-order valence-corrected chi connectivity index (χ4v) is 5.66. The van der Waals surface area contributed by atoms with Crippen LogP contribution in [0, 0.1) is 36.0 Å². The van der Waals surface area contributed by atoms with E-state index in [0.717, 1.165) is 11.1 Å². The molecule has 1 saturated heterocycles. The SMILES string of the molecule is Cc1cn([C@@]23CC(F)(F)C(C)[C@H](/C=C/c4ccc(-c5ccccc5C#N)cn4)C2[C@@H](C)OC3=O)nn1. The zero-order chi connectivity index (χ0) is 25.7. The molecule has 0 bridgehead atoms. The molecule has 1 aromatic carbocycles. The summed E-state index contributed by atoms with van der Waals surface area (Å²) < 4.78 is 37.7. The second-order valence-corrected chi connectivity index (χ2v) is 9.66. The van der Waals surface area contributed by atoms with E-state index >= 15 is 8.78 Å². The van der Waals surface area contributed by atoms with Crippen molar-refractivity contribution in [2.75, 3.05) is 0 Å². The van der Waals surface area contributed by atoms with Crippen LogP contribution in [0.15, 0.2) is 54.9 Å². The van der Waals surface area contributed by atoms with Gasteiger partial charge in [0.1, 0.15) is 6.10 Å². The molecule has 36 heavy (non-hydrogen) atoms. The largest absolute Gasteiger partial charge is 0.460 e. The van der Waals surface area contributed by atoms with Crippen molar-refractivity contribution in [2.45, 2.75) is 44.8 Å². The lowest BCUT2D eigenvalue weighted by Crippen LogP contribution is -2.59. The van der Waals surface area contributed by atoms with Crippen LogP contribution in [0.1, 0.15) is 37.2 Å². The zero-order valence-corrected chi connectivity index (χ0v) is 20.1. The van der Waals surface area contributed by atoms with E-state index < -0.39 is 47.7 Å². The van der Waals surface area contributed by atoms with Gasteiger partial charge in [0, 0.05) is 41.8 Å². The van der Waals surface area contributed by atoms with Crippen molar-refractivity contribution in [1.82, 2.24) is 20.0 Å². The monoisotopic (exact) mass is 489 g/mol. The highest BCUT2D eigenvalue weighted by atomic mass is 19.3. The van der Waals surface area contributed by atoms with Crippen molar-refractivity contribution in [1.29, 1.82) is 5.26 Å². The molecule has 7 nitrogen and oxygen atoms in total. The van der Waals surface area contributed by atoms with Gasteiger partial charge in [0.15, 0.2) is 5.54 Å². The van der Waals surface area contributed by atoms with E-state index in [9.17, 15) is 10.1 Å². The lowest BCUT2D eigenvalue weighted by Gasteiger charge is -2.47. The quantitative estimate of drug-likeness (QED) is 0.490. The van der Waals surface area contributed by atoms with Gasteiger partial charge in [-0.05, 0) is 38.0 Å². The molecule has 184 valence electrons. The van der Waals surface area contributed by atoms with Gasteiger partial charge in [-0.3, -0.25) is 4.98 Å². The fraction of sp³-hybridized carbons (Fsp3) is 0.370. The summed E-state index contributed by atoms with van der Waals surface area (Å²) in [6, 6.07) is 13.0. The zero-order valence-electron chi connectivity index (χ0n) is 20.1. The summed E-state index contributed by atoms with van der Waals surface area (Å²) in [4.78, 5) is 17.6. The van der Waals surface area contributed by atoms with E-state index in [1.54, 1.807) is 50.4 Å². The molecule has 5 rings (SSSR count). The minimum absolute atomic E-state index is 0.534. The molecule has 2 aliphatic rings. The Labute approximate surface area is 207 Å². The number of hydrogen-bond donors (Lipinski definition) is 0. The molecule has 3 aromatic rings. The number of carbonyl (C=O) groups is 1. The number of benzene rings is 1. The van der Waals surface area contributed by atoms with Gasteiger partial charge in [-0.15, -0.1) is 5.10 Å². The van der Waals surface area contributed by atoms with Crippen molar-refractivity contribution in [3.8, 4) is 17.2 Å². The first-order chi connectivity index (χ1) is 17.2. The fourth-order valence-electron chi connectivity index (χ4n) is 5.66. The lowest BCUT2D eigenvalue weighted by molar-refractivity contribution is -0.169. The number of fused-ring (bicyclic) bond motifs is 1. The van der Waals surface area contributed by atoms with E-state index in [0.29, 0.717) is 17.0 Å². The lowest BCUT2D eigenvalue weighted by atomic mass is 9.60. The Bertz CT molecular complexity index is 1380. The molecule has 3 heterocycles. The van der Waals surface area contributed by atoms with Crippen molar-refractivity contribution in [2.24, 2.45) is 17.8 Å². The van der Waals surface area contributed by atoms with Gasteiger partial charge in [-0.1, -0.05) is 42.5 Å². The summed E-state index contributed by atoms with van der Waals surface area (Å²) >= 11 is 0. The second-order valence-electron chi connectivity index (χ2n) is 9.66. The van der Waals surface area contributed by atoms with E-state index in [1.807, 2.05) is 18.2 Å². The molecule has 0 N–H and O–H groups in total. The number of carbonyl (C=O) groups excluding carboxylic acids is 1. The highest BCUT2D eigenvalue weighted by molar-refractivity contribution is 5.82. The number of pyridine rings is 1. The van der Waals surface area contributed by atoms with Crippen molar-refractivity contribution < 1.29 is 18.3 Å². The average Bonchev–Trinajstić information content (AvgIpc) is 3.40. The molecule has 9 heteroatoms. The average molecular weight is 490 g/mol. The second kappa shape index (κ2) is 8.63. The van der Waals surface area contributed by atoms with Crippen LogP contribution in [-0.4, -0.2) is 38.0 Å². The number of rotatable bonds is 4. The van der Waals surface area contributed by atoms with Gasteiger partial charge in [0.05, 0.1) is 23.0 Å². The van der Waals surface area contributed by atoms with Crippen LogP contribution in [0.2, 0.25) is 0 Å². The maximum Gasteiger partial charge on any atom is 0.335 e. The first kappa shape index (κ1) is 23.8. The maximum absolute atomic E-state index is 15.4. The molecule has 5 atom stereocenters. The van der Waals surface area contributed by atoms with E-state index in [4.69, 9.17) is 4.74 Å². The van der Waals surface area contributed by atoms with Crippen LogP contribution in [0.25, 0.3) is 17.2 Å². The first-order valence-corrected chi connectivity index (χ1v) is 11.8. The summed E-state index contributed by atoms with van der Waals surface area (Å²) in [5.41, 5.74) is 1.57. The number of nitriles is 1. The Hall–Kier alpha value is -3.93. The maximum atomic E-state index is 15.4. The number of halogens is 2. The molecular weight excluding hydrogens is 464 g/mol. The van der Waals surface area contributed by atoms with Gasteiger partial charge in [-0.25, -0.2) is 18.3 Å². The van der Waals surface area contributed by atoms with Gasteiger partial charge in [-0.2, -0.15) is 5.26 Å². The van der Waals surface area contributed by atoms with Gasteiger partial charge in [0.25, 0.3) is 5.92 Å². The Balaban J connectivity index is 1.51. The first-order valence-electron chi connectivity index (χ1n) is 11.8. The molecule has 2 aromatic heterocycles. The Kier molecular flexibility index (Phi) is 5.70. The topological polar surface area (TPSA) is 93.7 Å². The molecule has 2 unspecified atom stereocenters. The Morgan fingerprint density at radius 2 is 2.00 bits per heavy atom. The van der Waals surface area contributed by atoms with Crippen LogP contribution in [0.5, 0.6) is 0 Å². The summed E-state index contributed by atoms with van der Waals surface area (Å²) in [6.07, 6.45) is 5.33. The molecular formula is C27H25F2N5O2. The number of aryl methyl sites for hydroxylation is 1. The molecule has 1 saturated carbocycles. The minimum Gasteiger partial charge on any atom is -0.460 e. The summed E-state index contributed by atoms with van der Waals surface area (Å²) in [5, 5.41) is 17.3. The van der Waals surface area contributed by atoms with Crippen LogP contribution in [-0.2, 0) is 15.1 Å². The number of hydrogen-bond acceptors (Lipinski definition) is 6. The number of aromatic nitrogens is 4. The Morgan fingerprint density at radius 1 is 1.22 bits per heavy atom. The predicted molar refractivity (Wildman–Crippen MR) is 127 cm³/mol. The van der Waals surface area contributed by atoms with Gasteiger partial charge < -0.3 is 4.74 Å². The highest BCUT2D eigenvalue weighted by Gasteiger charge is 2.69. The van der Waals surface area contributed by atoms with Gasteiger partial charge in [0.2, 0.25) is 0 Å². The third-order valence-corrected chi connectivity index (χ3v) is 7.52. The molecule has 1 aliphatic carbocycles. The molecule has 0 spiro atoms. The molecule has 1 aliphatic heterocycles. The summed E-state index contributed by atoms with van der Waals surface area (Å²) in [5.74, 6) is -6.10. The number of cyclic esters (lactones) is 1. The number of esters is 1. The molecule has 0 radical (unpaired) electrons. The van der Waals surface area contributed by atoms with E-state index in [1.165, 1.54) is 17.8 Å². The van der Waals surface area contributed by atoms with Crippen molar-refractivity contribution in [3.63, 3.8) is 0 Å². The smallest absolute Gasteiger partial charge is 0.335 e. The van der Waals surface area contributed by atoms with Gasteiger partial charge >= 0.3 is 5.97 Å². The predicted octanol–water partition coefficient (Wildman–Crippen LogP) is 4.78. The third-order valence-electron chi connectivity index (χ3n) is 7.52. The van der Waals surface area contributed by atoms with E-state index in [-0.39, 0.29) is 0 Å². The van der Waals surface area contributed by atoms with Crippen LogP contribution >= 0.6 is 0 Å². The number of ether oxygens (including phenoxy) is 1. The third kappa shape index (κ3) is 3.68. The Morgan fingerprint density at radius 3 is 2.67 bits per heavy atom. The number of allylic oxidation sites excluding steroid dienone is 1. The van der Waals surface area contributed by atoms with E-state index in [2.05, 4.69) is 21.4 Å². The standard InChI is InChI=1S/C27H25F2N5O2/c1-16-14-34(33-32-16)26-15-27(28,29)17(2)22(24(26)18(3)36-25(26)35)11-10-21-9-8-20(13-31-21)23-7-5-4-6-19(23)12-30/h4-11,13-14,17-18,22,24H,15H2,1-3H3/b11-10+/t17?,18-,22+,24?,26+/m1/s1.